The van der Waals surface area contributed by atoms with Gasteiger partial charge in [0, 0.05) is 12.0 Å². The van der Waals surface area contributed by atoms with Crippen LogP contribution in [-0.2, 0) is 14.4 Å². The summed E-state index contributed by atoms with van der Waals surface area (Å²) >= 11 is 0. The SMILES string of the molecule is CCC(C)(CNC(=O)CNC(=O)C(C)(C)C)C(=O)O. The van der Waals surface area contributed by atoms with Crippen molar-refractivity contribution in [3.8, 4) is 0 Å². The number of rotatable bonds is 6. The number of hydrogen-bond donors (Lipinski definition) is 3. The Morgan fingerprint density at radius 3 is 1.95 bits per heavy atom. The molecule has 0 aliphatic heterocycles. The maximum atomic E-state index is 11.5. The maximum Gasteiger partial charge on any atom is 0.311 e. The van der Waals surface area contributed by atoms with Gasteiger partial charge in [-0.25, -0.2) is 0 Å². The molecule has 6 heteroatoms. The molecule has 0 bridgehead atoms. The summed E-state index contributed by atoms with van der Waals surface area (Å²) in [5.74, 6) is -1.56. The van der Waals surface area contributed by atoms with Gasteiger partial charge in [-0.15, -0.1) is 0 Å². The van der Waals surface area contributed by atoms with Gasteiger partial charge in [0.25, 0.3) is 0 Å². The highest BCUT2D eigenvalue weighted by molar-refractivity contribution is 5.87. The summed E-state index contributed by atoms with van der Waals surface area (Å²) in [6, 6.07) is 0. The summed E-state index contributed by atoms with van der Waals surface area (Å²) in [4.78, 5) is 34.1. The second-order valence-corrected chi connectivity index (χ2v) is 5.93. The molecule has 3 N–H and O–H groups in total. The van der Waals surface area contributed by atoms with E-state index >= 15 is 0 Å². The summed E-state index contributed by atoms with van der Waals surface area (Å²) in [5.41, 5.74) is -1.54. The Bertz CT molecular complexity index is 360. The molecule has 2 amide bonds. The second-order valence-electron chi connectivity index (χ2n) is 5.93. The van der Waals surface area contributed by atoms with Crippen molar-refractivity contribution in [2.24, 2.45) is 10.8 Å². The van der Waals surface area contributed by atoms with E-state index in [1.165, 1.54) is 0 Å². The predicted octanol–water partition coefficient (Wildman–Crippen LogP) is 0.766. The highest BCUT2D eigenvalue weighted by Gasteiger charge is 2.31. The van der Waals surface area contributed by atoms with Crippen molar-refractivity contribution in [3.05, 3.63) is 0 Å². The van der Waals surface area contributed by atoms with Gasteiger partial charge in [0.2, 0.25) is 11.8 Å². The van der Waals surface area contributed by atoms with Gasteiger partial charge in [-0.1, -0.05) is 27.7 Å². The standard InChI is InChI=1S/C13H24N2O4/c1-6-13(5,11(18)19)8-15-9(16)7-14-10(17)12(2,3)4/h6-8H2,1-5H3,(H,14,17)(H,15,16)(H,18,19). The van der Waals surface area contributed by atoms with E-state index in [1.54, 1.807) is 34.6 Å². The maximum absolute atomic E-state index is 11.5. The van der Waals surface area contributed by atoms with Crippen LogP contribution in [0.25, 0.3) is 0 Å². The molecule has 0 heterocycles. The number of aliphatic carboxylic acids is 1. The van der Waals surface area contributed by atoms with Gasteiger partial charge in [-0.05, 0) is 13.3 Å². The first kappa shape index (κ1) is 17.4. The van der Waals surface area contributed by atoms with Crippen LogP contribution in [0.5, 0.6) is 0 Å². The third-order valence-corrected chi connectivity index (χ3v) is 3.06. The van der Waals surface area contributed by atoms with Gasteiger partial charge in [-0.2, -0.15) is 0 Å². The molecular formula is C13H24N2O4. The van der Waals surface area contributed by atoms with E-state index in [0.717, 1.165) is 0 Å². The Kier molecular flexibility index (Phi) is 5.99. The lowest BCUT2D eigenvalue weighted by Crippen LogP contribution is -2.45. The normalized spacial score (nSPS) is 14.4. The first-order valence-electron chi connectivity index (χ1n) is 6.31. The van der Waals surface area contributed by atoms with Crippen molar-refractivity contribution in [2.75, 3.05) is 13.1 Å². The number of carboxylic acids is 1. The molecule has 0 aromatic rings. The number of amides is 2. The molecule has 1 atom stereocenters. The monoisotopic (exact) mass is 272 g/mol. The van der Waals surface area contributed by atoms with Crippen molar-refractivity contribution in [1.82, 2.24) is 10.6 Å². The van der Waals surface area contributed by atoms with Gasteiger partial charge in [0.1, 0.15) is 0 Å². The van der Waals surface area contributed by atoms with Crippen LogP contribution < -0.4 is 10.6 Å². The largest absolute Gasteiger partial charge is 0.481 e. The van der Waals surface area contributed by atoms with Gasteiger partial charge in [-0.3, -0.25) is 14.4 Å². The van der Waals surface area contributed by atoms with Gasteiger partial charge >= 0.3 is 5.97 Å². The van der Waals surface area contributed by atoms with E-state index < -0.39 is 22.7 Å². The number of carbonyl (C=O) groups excluding carboxylic acids is 2. The van der Waals surface area contributed by atoms with Crippen molar-refractivity contribution in [3.63, 3.8) is 0 Å². The first-order valence-corrected chi connectivity index (χ1v) is 6.31. The molecule has 6 nitrogen and oxygen atoms in total. The minimum Gasteiger partial charge on any atom is -0.481 e. The minimum atomic E-state index is -0.982. The number of nitrogens with one attached hydrogen (secondary N) is 2. The van der Waals surface area contributed by atoms with Crippen LogP contribution in [0.1, 0.15) is 41.0 Å². The molecule has 0 spiro atoms. The Balaban J connectivity index is 4.21. The number of hydrogen-bond acceptors (Lipinski definition) is 3. The summed E-state index contributed by atoms with van der Waals surface area (Å²) in [6.45, 7) is 8.47. The van der Waals surface area contributed by atoms with Crippen molar-refractivity contribution in [1.29, 1.82) is 0 Å². The summed E-state index contributed by atoms with van der Waals surface area (Å²) in [7, 11) is 0. The van der Waals surface area contributed by atoms with E-state index in [2.05, 4.69) is 10.6 Å². The Morgan fingerprint density at radius 2 is 1.58 bits per heavy atom. The Morgan fingerprint density at radius 1 is 1.05 bits per heavy atom. The minimum absolute atomic E-state index is 0.0447. The van der Waals surface area contributed by atoms with Crippen LogP contribution in [0.3, 0.4) is 0 Å². The molecule has 0 fully saturated rings. The molecule has 19 heavy (non-hydrogen) atoms. The van der Waals surface area contributed by atoms with Gasteiger partial charge in [0.15, 0.2) is 0 Å². The average Bonchev–Trinajstić information content (AvgIpc) is 2.31. The fourth-order valence-corrected chi connectivity index (χ4v) is 1.13. The third-order valence-electron chi connectivity index (χ3n) is 3.06. The summed E-state index contributed by atoms with van der Waals surface area (Å²) in [5, 5.41) is 14.1. The van der Waals surface area contributed by atoms with E-state index in [4.69, 9.17) is 5.11 Å². The van der Waals surface area contributed by atoms with Gasteiger partial charge < -0.3 is 15.7 Å². The van der Waals surface area contributed by atoms with Crippen LogP contribution >= 0.6 is 0 Å². The van der Waals surface area contributed by atoms with E-state index in [9.17, 15) is 14.4 Å². The fourth-order valence-electron chi connectivity index (χ4n) is 1.13. The first-order chi connectivity index (χ1) is 8.53. The van der Waals surface area contributed by atoms with E-state index in [-0.39, 0.29) is 19.0 Å². The molecule has 0 aromatic heterocycles. The van der Waals surface area contributed by atoms with Crippen LogP contribution in [0, 0.1) is 10.8 Å². The van der Waals surface area contributed by atoms with E-state index in [1.807, 2.05) is 0 Å². The Labute approximate surface area is 113 Å². The predicted molar refractivity (Wildman–Crippen MR) is 71.5 cm³/mol. The molecule has 0 aliphatic rings. The molecule has 0 saturated heterocycles. The molecule has 0 rings (SSSR count). The topological polar surface area (TPSA) is 95.5 Å². The highest BCUT2D eigenvalue weighted by Crippen LogP contribution is 2.19. The summed E-state index contributed by atoms with van der Waals surface area (Å²) in [6.07, 6.45) is 0.414. The smallest absolute Gasteiger partial charge is 0.311 e. The van der Waals surface area contributed by atoms with Crippen LogP contribution in [0.15, 0.2) is 0 Å². The number of carbonyl (C=O) groups is 3. The zero-order valence-corrected chi connectivity index (χ0v) is 12.3. The number of carboxylic acid groups (broad SMARTS) is 1. The Hall–Kier alpha value is -1.59. The second kappa shape index (κ2) is 6.54. The van der Waals surface area contributed by atoms with Crippen LogP contribution in [-0.4, -0.2) is 36.0 Å². The molecule has 0 saturated carbocycles. The van der Waals surface area contributed by atoms with E-state index in [0.29, 0.717) is 6.42 Å². The molecule has 1 unspecified atom stereocenters. The summed E-state index contributed by atoms with van der Waals surface area (Å²) < 4.78 is 0. The third kappa shape index (κ3) is 5.72. The molecule has 0 radical (unpaired) electrons. The van der Waals surface area contributed by atoms with Gasteiger partial charge in [0.05, 0.1) is 12.0 Å². The lowest BCUT2D eigenvalue weighted by atomic mass is 9.88. The van der Waals surface area contributed by atoms with Crippen LogP contribution in [0.4, 0.5) is 0 Å². The fraction of sp³-hybridized carbons (Fsp3) is 0.769. The zero-order chi connectivity index (χ0) is 15.3. The molecule has 0 aliphatic carbocycles. The zero-order valence-electron chi connectivity index (χ0n) is 12.3. The average molecular weight is 272 g/mol. The lowest BCUT2D eigenvalue weighted by Gasteiger charge is -2.23. The molecular weight excluding hydrogens is 248 g/mol. The molecule has 0 aromatic carbocycles. The van der Waals surface area contributed by atoms with Crippen molar-refractivity contribution >= 4 is 17.8 Å². The van der Waals surface area contributed by atoms with Crippen LogP contribution in [0.2, 0.25) is 0 Å². The quantitative estimate of drug-likeness (QED) is 0.665. The molecule has 110 valence electrons. The highest BCUT2D eigenvalue weighted by atomic mass is 16.4. The lowest BCUT2D eigenvalue weighted by molar-refractivity contribution is -0.148. The van der Waals surface area contributed by atoms with Crippen molar-refractivity contribution in [2.45, 2.75) is 41.0 Å². The van der Waals surface area contributed by atoms with Crippen molar-refractivity contribution < 1.29 is 19.5 Å².